The van der Waals surface area contributed by atoms with E-state index in [1.165, 1.54) is 0 Å². The number of fused-ring (bicyclic) bond motifs is 1. The highest BCUT2D eigenvalue weighted by Gasteiger charge is 2.35. The Morgan fingerprint density at radius 2 is 1.43 bits per heavy atom. The Morgan fingerprint density at radius 3 is 1.79 bits per heavy atom. The van der Waals surface area contributed by atoms with E-state index < -0.39 is 10.0 Å². The van der Waals surface area contributed by atoms with Gasteiger partial charge in [-0.15, -0.1) is 11.3 Å². The van der Waals surface area contributed by atoms with Gasteiger partial charge in [0.2, 0.25) is 15.9 Å². The molecule has 0 saturated heterocycles. The van der Waals surface area contributed by atoms with Crippen LogP contribution in [0.3, 0.4) is 0 Å². The second-order valence-electron chi connectivity index (χ2n) is 11.3. The van der Waals surface area contributed by atoms with Crippen molar-refractivity contribution in [1.82, 2.24) is 14.7 Å². The number of hydrogen-bond acceptors (Lipinski definition) is 7. The minimum atomic E-state index is -2.94. The van der Waals surface area contributed by atoms with Crippen LogP contribution in [0.5, 0.6) is 5.88 Å². The van der Waals surface area contributed by atoms with Crippen LogP contribution >= 0.6 is 11.3 Å². The quantitative estimate of drug-likeness (QED) is 0.281. The molecule has 4 rings (SSSR count). The van der Waals surface area contributed by atoms with Crippen LogP contribution in [0.4, 0.5) is 0 Å². The van der Waals surface area contributed by atoms with E-state index in [0.29, 0.717) is 11.7 Å². The van der Waals surface area contributed by atoms with Crippen molar-refractivity contribution in [1.29, 1.82) is 0 Å². The smallest absolute Gasteiger partial charge is 0.242 e. The van der Waals surface area contributed by atoms with Crippen molar-refractivity contribution >= 4 is 38.2 Å². The number of para-hydroxylation sites is 2. The molecule has 1 aromatic carbocycles. The van der Waals surface area contributed by atoms with E-state index in [4.69, 9.17) is 9.72 Å². The highest BCUT2D eigenvalue weighted by molar-refractivity contribution is 7.90. The molecular weight excluding hydrogens is 567 g/mol. The van der Waals surface area contributed by atoms with E-state index in [2.05, 4.69) is 9.71 Å². The SMILES string of the molecule is C.C.C.C.CC(C)C(=O)C(C)(C)C.CC(C)NS(=O)(=O)C1CC1.CC(C)Oc1nc2ccccc2nc1-c1cccs1. The van der Waals surface area contributed by atoms with E-state index in [1.807, 2.05) is 104 Å². The molecule has 242 valence electrons. The van der Waals surface area contributed by atoms with Gasteiger partial charge in [-0.1, -0.05) is 82.5 Å². The van der Waals surface area contributed by atoms with Gasteiger partial charge in [-0.25, -0.2) is 23.1 Å². The molecule has 0 aliphatic heterocycles. The molecule has 0 unspecified atom stereocenters. The third-order valence-electron chi connectivity index (χ3n) is 5.27. The second kappa shape index (κ2) is 19.0. The van der Waals surface area contributed by atoms with Crippen LogP contribution in [0.25, 0.3) is 21.6 Å². The number of ketones is 1. The summed E-state index contributed by atoms with van der Waals surface area (Å²) < 4.78 is 30.5. The van der Waals surface area contributed by atoms with E-state index in [1.54, 1.807) is 11.3 Å². The van der Waals surface area contributed by atoms with Crippen molar-refractivity contribution in [2.24, 2.45) is 11.3 Å². The molecular formula is C33H59N3O4S2. The first-order valence-corrected chi connectivity index (χ1v) is 15.6. The first-order chi connectivity index (χ1) is 17.6. The molecule has 1 saturated carbocycles. The van der Waals surface area contributed by atoms with Crippen molar-refractivity contribution in [3.63, 3.8) is 0 Å². The zero-order valence-corrected chi connectivity index (χ0v) is 25.7. The maximum Gasteiger partial charge on any atom is 0.242 e. The van der Waals surface area contributed by atoms with Crippen molar-refractivity contribution in [2.45, 2.75) is 122 Å². The van der Waals surface area contributed by atoms with Gasteiger partial charge in [-0.05, 0) is 64.1 Å². The fourth-order valence-electron chi connectivity index (χ4n) is 3.53. The molecule has 0 amide bonds. The number of carbonyl (C=O) groups is 1. The molecule has 3 aromatic rings. The number of Topliss-reactive ketones (excluding diaryl/α,β-unsaturated/α-hetero) is 1. The molecule has 1 fully saturated rings. The van der Waals surface area contributed by atoms with E-state index >= 15 is 0 Å². The predicted molar refractivity (Wildman–Crippen MR) is 185 cm³/mol. The summed E-state index contributed by atoms with van der Waals surface area (Å²) in [6.45, 7) is 17.4. The summed E-state index contributed by atoms with van der Waals surface area (Å²) in [5.41, 5.74) is 2.41. The van der Waals surface area contributed by atoms with Crippen LogP contribution in [0.1, 0.15) is 105 Å². The van der Waals surface area contributed by atoms with Crippen molar-refractivity contribution in [3.05, 3.63) is 41.8 Å². The first kappa shape index (κ1) is 44.1. The normalized spacial score (nSPS) is 12.4. The number of rotatable bonds is 7. The minimum absolute atomic E-state index is 0. The molecule has 0 atom stereocenters. The number of thiophene rings is 1. The molecule has 0 spiro atoms. The summed E-state index contributed by atoms with van der Waals surface area (Å²) in [4.78, 5) is 21.5. The van der Waals surface area contributed by atoms with Crippen LogP contribution in [0, 0.1) is 11.3 Å². The molecule has 7 nitrogen and oxygen atoms in total. The van der Waals surface area contributed by atoms with Crippen molar-refractivity contribution < 1.29 is 17.9 Å². The van der Waals surface area contributed by atoms with Crippen LogP contribution in [-0.2, 0) is 14.8 Å². The van der Waals surface area contributed by atoms with E-state index in [0.717, 1.165) is 34.4 Å². The molecule has 1 aliphatic carbocycles. The molecule has 42 heavy (non-hydrogen) atoms. The number of sulfonamides is 1. The Bertz CT molecular complexity index is 1280. The summed E-state index contributed by atoms with van der Waals surface area (Å²) in [5, 5.41) is 1.95. The van der Waals surface area contributed by atoms with Gasteiger partial charge in [0.05, 0.1) is 27.3 Å². The monoisotopic (exact) mass is 625 g/mol. The van der Waals surface area contributed by atoms with Crippen molar-refractivity contribution in [2.75, 3.05) is 0 Å². The second-order valence-corrected chi connectivity index (χ2v) is 14.2. The zero-order chi connectivity index (χ0) is 28.7. The largest absolute Gasteiger partial charge is 0.473 e. The lowest BCUT2D eigenvalue weighted by Crippen LogP contribution is -2.32. The zero-order valence-electron chi connectivity index (χ0n) is 24.1. The highest BCUT2D eigenvalue weighted by Crippen LogP contribution is 2.32. The van der Waals surface area contributed by atoms with Gasteiger partial charge in [-0.2, -0.15) is 0 Å². The van der Waals surface area contributed by atoms with Gasteiger partial charge in [0.25, 0.3) is 0 Å². The number of aromatic nitrogens is 2. The lowest BCUT2D eigenvalue weighted by molar-refractivity contribution is -0.129. The van der Waals surface area contributed by atoms with Crippen LogP contribution in [-0.4, -0.2) is 41.6 Å². The lowest BCUT2D eigenvalue weighted by Gasteiger charge is -2.18. The minimum Gasteiger partial charge on any atom is -0.473 e. The Kier molecular flexibility index (Phi) is 20.0. The molecule has 9 heteroatoms. The molecule has 2 aromatic heterocycles. The topological polar surface area (TPSA) is 98.2 Å². The fraction of sp³-hybridized carbons (Fsp3) is 0.606. The maximum absolute atomic E-state index is 11.2. The van der Waals surface area contributed by atoms with Gasteiger partial charge >= 0.3 is 0 Å². The molecule has 2 heterocycles. The average Bonchev–Trinajstić information content (AvgIpc) is 3.54. The average molecular weight is 626 g/mol. The third kappa shape index (κ3) is 14.2. The maximum atomic E-state index is 11.2. The Hall–Kier alpha value is -2.36. The van der Waals surface area contributed by atoms with E-state index in [-0.39, 0.29) is 58.4 Å². The summed E-state index contributed by atoms with van der Waals surface area (Å²) in [7, 11) is -2.94. The summed E-state index contributed by atoms with van der Waals surface area (Å²) in [6.07, 6.45) is 1.75. The van der Waals surface area contributed by atoms with Crippen molar-refractivity contribution in [3.8, 4) is 16.5 Å². The van der Waals surface area contributed by atoms with Gasteiger partial charge in [0, 0.05) is 17.4 Å². The van der Waals surface area contributed by atoms with Gasteiger partial charge in [0.1, 0.15) is 11.5 Å². The van der Waals surface area contributed by atoms with Crippen LogP contribution in [0.15, 0.2) is 41.8 Å². The Morgan fingerprint density at radius 1 is 0.905 bits per heavy atom. The summed E-state index contributed by atoms with van der Waals surface area (Å²) in [6, 6.07) is 11.9. The van der Waals surface area contributed by atoms with Gasteiger partial charge < -0.3 is 4.74 Å². The Labute approximate surface area is 262 Å². The third-order valence-corrected chi connectivity index (χ3v) is 8.29. The van der Waals surface area contributed by atoms with Gasteiger partial charge in [0.15, 0.2) is 0 Å². The summed E-state index contributed by atoms with van der Waals surface area (Å²) in [5.74, 6) is 1.11. The summed E-state index contributed by atoms with van der Waals surface area (Å²) >= 11 is 1.64. The number of nitrogens with zero attached hydrogens (tertiary/aromatic N) is 2. The number of ether oxygens (including phenoxy) is 1. The molecule has 0 bridgehead atoms. The van der Waals surface area contributed by atoms with Crippen LogP contribution in [0.2, 0.25) is 0 Å². The molecule has 1 N–H and O–H groups in total. The number of hydrogen-bond donors (Lipinski definition) is 1. The fourth-order valence-corrected chi connectivity index (χ4v) is 5.84. The number of nitrogens with one attached hydrogen (secondary N) is 1. The predicted octanol–water partition coefficient (Wildman–Crippen LogP) is 9.42. The van der Waals surface area contributed by atoms with E-state index in [9.17, 15) is 13.2 Å². The Balaban J connectivity index is -0.000000573. The van der Waals surface area contributed by atoms with Gasteiger partial charge in [-0.3, -0.25) is 4.79 Å². The molecule has 1 aliphatic rings. The number of benzene rings is 1. The van der Waals surface area contributed by atoms with Crippen LogP contribution < -0.4 is 9.46 Å². The highest BCUT2D eigenvalue weighted by atomic mass is 32.2. The molecule has 0 radical (unpaired) electrons. The number of carbonyl (C=O) groups excluding carboxylic acids is 1. The first-order valence-electron chi connectivity index (χ1n) is 13.1. The standard InChI is InChI=1S/C15H14N2OS.C8H16O.C6H13NO2S.4CH4/c1-10(2)18-15-14(13-8-5-9-19-13)16-11-6-3-4-7-12(11)17-15;1-6(2)7(9)8(3,4)5;1-5(2)7-10(8,9)6-3-4-6;;;;/h3-10H,1-2H3;6H,1-5H3;5-7H,3-4H2,1-2H3;4*1H4. The lowest BCUT2D eigenvalue weighted by atomic mass is 9.85.